The van der Waals surface area contributed by atoms with Gasteiger partial charge in [-0.15, -0.1) is 20.4 Å². The van der Waals surface area contributed by atoms with Gasteiger partial charge < -0.3 is 8.80 Å². The smallest absolute Gasteiger partial charge is 0.168 e. The minimum atomic E-state index is 0.796. The van der Waals surface area contributed by atoms with Crippen LogP contribution in [0.3, 0.4) is 0 Å². The average Bonchev–Trinajstić information content (AvgIpc) is 1.52. The molecular formula is C90H50N8. The molecule has 8 aromatic heterocycles. The Labute approximate surface area is 557 Å². The lowest BCUT2D eigenvalue weighted by Gasteiger charge is -2.14. The van der Waals surface area contributed by atoms with Gasteiger partial charge in [-0.25, -0.2) is 0 Å². The van der Waals surface area contributed by atoms with Gasteiger partial charge in [0.2, 0.25) is 0 Å². The second-order valence-electron chi connectivity index (χ2n) is 26.5. The minimum absolute atomic E-state index is 0.796. The lowest BCUT2D eigenvalue weighted by molar-refractivity contribution is 0.978. The molecule has 23 aromatic rings. The summed E-state index contributed by atoms with van der Waals surface area (Å²) >= 11 is 0. The summed E-state index contributed by atoms with van der Waals surface area (Å²) in [5.74, 6) is 1.59. The van der Waals surface area contributed by atoms with Gasteiger partial charge >= 0.3 is 0 Å². The van der Waals surface area contributed by atoms with E-state index in [1.807, 2.05) is 0 Å². The number of aromatic nitrogens is 8. The van der Waals surface area contributed by atoms with E-state index < -0.39 is 0 Å². The first-order valence-corrected chi connectivity index (χ1v) is 33.5. The Kier molecular flexibility index (Phi) is 10.2. The Balaban J connectivity index is 0.712. The van der Waals surface area contributed by atoms with Crippen molar-refractivity contribution in [3.63, 3.8) is 0 Å². The monoisotopic (exact) mass is 1240 g/mol. The van der Waals surface area contributed by atoms with Crippen molar-refractivity contribution in [1.82, 2.24) is 38.3 Å². The van der Waals surface area contributed by atoms with E-state index in [0.29, 0.717) is 0 Å². The van der Waals surface area contributed by atoms with Crippen LogP contribution in [0.4, 0.5) is 0 Å². The van der Waals surface area contributed by atoms with E-state index in [4.69, 9.17) is 20.4 Å². The summed E-state index contributed by atoms with van der Waals surface area (Å²) in [6.07, 6.45) is 0. The molecule has 0 atom stereocenters. The predicted octanol–water partition coefficient (Wildman–Crippen LogP) is 23.0. The predicted molar refractivity (Wildman–Crippen MR) is 407 cm³/mol. The molecule has 0 N–H and O–H groups in total. The van der Waals surface area contributed by atoms with Crippen molar-refractivity contribution in [3.8, 4) is 56.4 Å². The Morgan fingerprint density at radius 3 is 1.12 bits per heavy atom. The third-order valence-corrected chi connectivity index (χ3v) is 21.5. The summed E-state index contributed by atoms with van der Waals surface area (Å²) < 4.78 is 9.82. The van der Waals surface area contributed by atoms with E-state index >= 15 is 0 Å². The van der Waals surface area contributed by atoms with Gasteiger partial charge in [0, 0.05) is 97.3 Å². The average molecular weight is 1240 g/mol. The fraction of sp³-hybridized carbons (Fsp3) is 0. The van der Waals surface area contributed by atoms with E-state index in [-0.39, 0.29) is 0 Å². The van der Waals surface area contributed by atoms with Crippen LogP contribution in [0.5, 0.6) is 0 Å². The summed E-state index contributed by atoms with van der Waals surface area (Å²) in [6, 6.07) is 111. The van der Waals surface area contributed by atoms with E-state index in [1.54, 1.807) is 0 Å². The number of nitrogens with zero attached hydrogens (tertiary/aromatic N) is 8. The highest BCUT2D eigenvalue weighted by molar-refractivity contribution is 6.37. The van der Waals surface area contributed by atoms with Crippen molar-refractivity contribution >= 4 is 163 Å². The quantitative estimate of drug-likeness (QED) is 0.166. The fourth-order valence-electron chi connectivity index (χ4n) is 17.3. The molecule has 0 amide bonds. The lowest BCUT2D eigenvalue weighted by Crippen LogP contribution is -2.03. The molecule has 98 heavy (non-hydrogen) atoms. The van der Waals surface area contributed by atoms with Gasteiger partial charge in [-0.2, -0.15) is 0 Å². The van der Waals surface area contributed by atoms with Gasteiger partial charge in [-0.05, 0) is 111 Å². The summed E-state index contributed by atoms with van der Waals surface area (Å²) in [7, 11) is 0. The zero-order chi connectivity index (χ0) is 63.6. The molecule has 0 aliphatic heterocycles. The lowest BCUT2D eigenvalue weighted by atomic mass is 9.97. The molecular weight excluding hydrogens is 1190 g/mol. The van der Waals surface area contributed by atoms with Crippen molar-refractivity contribution in [1.29, 1.82) is 0 Å². The first-order valence-electron chi connectivity index (χ1n) is 33.5. The molecule has 0 saturated carbocycles. The number of hydrogen-bond donors (Lipinski definition) is 0. The second kappa shape index (κ2) is 19.2. The van der Waals surface area contributed by atoms with E-state index in [2.05, 4.69) is 321 Å². The Morgan fingerprint density at radius 1 is 0.184 bits per heavy atom. The Morgan fingerprint density at radius 2 is 0.561 bits per heavy atom. The van der Waals surface area contributed by atoms with Crippen molar-refractivity contribution in [2.24, 2.45) is 0 Å². The molecule has 0 fully saturated rings. The standard InChI is InChI=1S/C90H50N8/c1-2-19-51(20-3-1)52-37-39-53(40-38-52)83-63-28-8-10-30-65(63)89(93-91-83)98-80-47-58-24-7-5-22-56(58)45-70(80)74-50-72-62-42-41-59(48-78(62)96-77-36-17-14-33-68(77)82(86(72)96)88(74)98)54-25-18-26-60(43-54)84-64-29-9-11-31-66(64)90(94-92-84)97-79-46-57-23-6-4-21-55(57)44-69(79)73-49-71-61-27-12-15-34-75(61)95-76-35-16-13-32-67(76)81(85(71)95)87(73)97/h1-50H. The SMILES string of the molecule is c1ccc(-c2ccc(-c3nnc(-n4c5cc6ccccc6cc5c5cc6c7ccc(-c8cccc(-c9nnc(-n%10c%11cc%12ccccc%12cc%11c%11cc%12c%13ccccc%13n%13c%14ccccc%14c(c%11%10)c%12%13)c%10ccccc9%10)c8)cc7n7c8ccccc8c(c54)c67)c4ccccc34)cc2)cc1. The first kappa shape index (κ1) is 52.1. The van der Waals surface area contributed by atoms with Crippen LogP contribution >= 0.6 is 0 Å². The van der Waals surface area contributed by atoms with E-state index in [9.17, 15) is 0 Å². The van der Waals surface area contributed by atoms with Gasteiger partial charge in [-0.1, -0.05) is 237 Å². The van der Waals surface area contributed by atoms with Crippen molar-refractivity contribution in [2.75, 3.05) is 0 Å². The molecule has 0 bridgehead atoms. The number of hydrogen-bond acceptors (Lipinski definition) is 4. The molecule has 15 aromatic carbocycles. The zero-order valence-corrected chi connectivity index (χ0v) is 52.4. The van der Waals surface area contributed by atoms with Crippen molar-refractivity contribution in [2.45, 2.75) is 0 Å². The van der Waals surface area contributed by atoms with Crippen LogP contribution in [-0.4, -0.2) is 38.3 Å². The molecule has 0 radical (unpaired) electrons. The molecule has 450 valence electrons. The normalized spacial score (nSPS) is 12.5. The van der Waals surface area contributed by atoms with Gasteiger partial charge in [-0.3, -0.25) is 9.13 Å². The van der Waals surface area contributed by atoms with Crippen LogP contribution in [0.25, 0.3) is 219 Å². The van der Waals surface area contributed by atoms with E-state index in [0.717, 1.165) is 105 Å². The number of fused-ring (bicyclic) bond motifs is 24. The third-order valence-electron chi connectivity index (χ3n) is 21.5. The van der Waals surface area contributed by atoms with Crippen LogP contribution in [0.2, 0.25) is 0 Å². The Bertz CT molecular complexity index is 7420. The van der Waals surface area contributed by atoms with Crippen LogP contribution in [0.1, 0.15) is 0 Å². The Hall–Kier alpha value is -13.3. The molecule has 8 heteroatoms. The number of para-hydroxylation sites is 3. The highest BCUT2D eigenvalue weighted by Crippen LogP contribution is 2.51. The van der Waals surface area contributed by atoms with Gasteiger partial charge in [0.25, 0.3) is 0 Å². The molecule has 0 aliphatic carbocycles. The molecule has 0 saturated heterocycles. The molecule has 0 aliphatic rings. The zero-order valence-electron chi connectivity index (χ0n) is 52.4. The highest BCUT2D eigenvalue weighted by atomic mass is 15.2. The molecule has 0 spiro atoms. The molecule has 8 heterocycles. The summed E-state index contributed by atoms with van der Waals surface area (Å²) in [5, 5.41) is 44.5. The summed E-state index contributed by atoms with van der Waals surface area (Å²) in [4.78, 5) is 0. The first-order chi connectivity index (χ1) is 48.6. The number of benzene rings is 15. The third kappa shape index (κ3) is 6.91. The minimum Gasteiger partial charge on any atom is -0.308 e. The summed E-state index contributed by atoms with van der Waals surface area (Å²) in [6.45, 7) is 0. The maximum absolute atomic E-state index is 5.41. The van der Waals surface area contributed by atoms with Crippen molar-refractivity contribution < 1.29 is 0 Å². The van der Waals surface area contributed by atoms with Gasteiger partial charge in [0.1, 0.15) is 11.4 Å². The van der Waals surface area contributed by atoms with Crippen LogP contribution in [0.15, 0.2) is 303 Å². The number of rotatable bonds is 6. The van der Waals surface area contributed by atoms with Crippen LogP contribution < -0.4 is 0 Å². The fourth-order valence-corrected chi connectivity index (χ4v) is 17.3. The van der Waals surface area contributed by atoms with Crippen molar-refractivity contribution in [3.05, 3.63) is 303 Å². The largest absolute Gasteiger partial charge is 0.308 e. The molecule has 8 nitrogen and oxygen atoms in total. The van der Waals surface area contributed by atoms with Gasteiger partial charge in [0.05, 0.1) is 55.2 Å². The molecule has 0 unspecified atom stereocenters. The maximum atomic E-state index is 5.41. The maximum Gasteiger partial charge on any atom is 0.168 e. The topological polar surface area (TPSA) is 70.2 Å². The van der Waals surface area contributed by atoms with Crippen LogP contribution in [-0.2, 0) is 0 Å². The summed E-state index contributed by atoms with van der Waals surface area (Å²) in [5.41, 5.74) is 19.8. The molecule has 23 rings (SSSR count). The second-order valence-corrected chi connectivity index (χ2v) is 26.5. The van der Waals surface area contributed by atoms with Gasteiger partial charge in [0.15, 0.2) is 11.6 Å². The van der Waals surface area contributed by atoms with Crippen LogP contribution in [0, 0.1) is 0 Å². The van der Waals surface area contributed by atoms with E-state index in [1.165, 1.54) is 114 Å². The highest BCUT2D eigenvalue weighted by Gasteiger charge is 2.30.